The molecule has 0 bridgehead atoms. The summed E-state index contributed by atoms with van der Waals surface area (Å²) in [6.45, 7) is 6.37. The molecule has 1 unspecified atom stereocenters. The topological polar surface area (TPSA) is 56.7 Å². The van der Waals surface area contributed by atoms with E-state index in [1.54, 1.807) is 12.4 Å². The van der Waals surface area contributed by atoms with Crippen LogP contribution in [-0.2, 0) is 0 Å². The van der Waals surface area contributed by atoms with Gasteiger partial charge in [-0.05, 0) is 26.3 Å². The molecular weight excluding hydrogens is 200 g/mol. The first-order chi connectivity index (χ1) is 7.65. The zero-order chi connectivity index (χ0) is 11.7. The van der Waals surface area contributed by atoms with Gasteiger partial charge in [0.15, 0.2) is 0 Å². The summed E-state index contributed by atoms with van der Waals surface area (Å²) in [5.74, 6) is 0.959. The molecule has 0 radical (unpaired) electrons. The molecule has 0 fully saturated rings. The van der Waals surface area contributed by atoms with Crippen molar-refractivity contribution in [2.75, 3.05) is 0 Å². The van der Waals surface area contributed by atoms with Crippen molar-refractivity contribution in [2.45, 2.75) is 39.3 Å². The third kappa shape index (κ3) is 1.69. The first-order valence-electron chi connectivity index (χ1n) is 5.72. The molecule has 0 aliphatic rings. The van der Waals surface area contributed by atoms with Crippen LogP contribution in [0.15, 0.2) is 18.5 Å². The second-order valence-corrected chi connectivity index (χ2v) is 4.31. The summed E-state index contributed by atoms with van der Waals surface area (Å²) in [5, 5.41) is 0. The number of nitrogens with two attached hydrogens (primary N) is 1. The molecule has 2 aromatic heterocycles. The van der Waals surface area contributed by atoms with Crippen molar-refractivity contribution >= 4 is 11.0 Å². The van der Waals surface area contributed by atoms with Gasteiger partial charge in [-0.3, -0.25) is 4.98 Å². The highest BCUT2D eigenvalue weighted by atomic mass is 15.1. The van der Waals surface area contributed by atoms with Crippen LogP contribution in [-0.4, -0.2) is 14.5 Å². The fourth-order valence-corrected chi connectivity index (χ4v) is 1.96. The maximum Gasteiger partial charge on any atom is 0.127 e. The van der Waals surface area contributed by atoms with Gasteiger partial charge >= 0.3 is 0 Å². The largest absolute Gasteiger partial charge is 0.324 e. The minimum Gasteiger partial charge on any atom is -0.324 e. The highest BCUT2D eigenvalue weighted by Crippen LogP contribution is 2.24. The van der Waals surface area contributed by atoms with Crippen LogP contribution < -0.4 is 5.73 Å². The summed E-state index contributed by atoms with van der Waals surface area (Å²) in [7, 11) is 0. The summed E-state index contributed by atoms with van der Waals surface area (Å²) in [5.41, 5.74) is 8.13. The van der Waals surface area contributed by atoms with E-state index in [1.165, 1.54) is 0 Å². The number of hydrogen-bond donors (Lipinski definition) is 1. The molecule has 0 amide bonds. The first kappa shape index (κ1) is 11.1. The quantitative estimate of drug-likeness (QED) is 0.860. The highest BCUT2D eigenvalue weighted by molar-refractivity contribution is 5.75. The maximum absolute atomic E-state index is 6.09. The third-order valence-electron chi connectivity index (χ3n) is 2.81. The lowest BCUT2D eigenvalue weighted by Crippen LogP contribution is -2.17. The molecule has 2 aromatic rings. The van der Waals surface area contributed by atoms with Gasteiger partial charge in [0.2, 0.25) is 0 Å². The average molecular weight is 218 g/mol. The van der Waals surface area contributed by atoms with Gasteiger partial charge in [-0.25, -0.2) is 4.98 Å². The Balaban J connectivity index is 2.68. The van der Waals surface area contributed by atoms with E-state index in [9.17, 15) is 0 Å². The minimum atomic E-state index is -0.00481. The minimum absolute atomic E-state index is 0.00481. The number of nitrogens with zero attached hydrogens (tertiary/aromatic N) is 3. The highest BCUT2D eigenvalue weighted by Gasteiger charge is 2.17. The van der Waals surface area contributed by atoms with Gasteiger partial charge in [-0.2, -0.15) is 0 Å². The molecule has 0 aliphatic carbocycles. The van der Waals surface area contributed by atoms with Crippen molar-refractivity contribution in [3.8, 4) is 0 Å². The second-order valence-electron chi connectivity index (χ2n) is 4.31. The van der Waals surface area contributed by atoms with Crippen LogP contribution in [0.25, 0.3) is 11.0 Å². The Kier molecular flexibility index (Phi) is 2.92. The monoisotopic (exact) mass is 218 g/mol. The molecule has 16 heavy (non-hydrogen) atoms. The predicted molar refractivity (Wildman–Crippen MR) is 65.1 cm³/mol. The van der Waals surface area contributed by atoms with E-state index in [0.717, 1.165) is 23.3 Å². The molecule has 4 heteroatoms. The number of rotatable bonds is 3. The normalized spacial score (nSPS) is 13.6. The molecule has 0 saturated carbocycles. The van der Waals surface area contributed by atoms with Crippen molar-refractivity contribution in [1.29, 1.82) is 0 Å². The summed E-state index contributed by atoms with van der Waals surface area (Å²) >= 11 is 0. The number of fused-ring (bicyclic) bond motifs is 1. The Morgan fingerprint density at radius 2 is 2.19 bits per heavy atom. The Labute approximate surface area is 95.5 Å². The average Bonchev–Trinajstić information content (AvgIpc) is 2.67. The molecule has 1 atom stereocenters. The molecule has 2 heterocycles. The lowest BCUT2D eigenvalue weighted by molar-refractivity contribution is 0.535. The van der Waals surface area contributed by atoms with E-state index in [1.807, 2.05) is 6.07 Å². The van der Waals surface area contributed by atoms with Gasteiger partial charge in [-0.15, -0.1) is 0 Å². The van der Waals surface area contributed by atoms with Crippen LogP contribution in [0.2, 0.25) is 0 Å². The molecule has 2 rings (SSSR count). The summed E-state index contributed by atoms with van der Waals surface area (Å²) in [6.07, 6.45) is 4.48. The first-order valence-corrected chi connectivity index (χ1v) is 5.72. The van der Waals surface area contributed by atoms with Gasteiger partial charge < -0.3 is 10.3 Å². The van der Waals surface area contributed by atoms with Gasteiger partial charge in [0, 0.05) is 12.2 Å². The number of imidazole rings is 1. The van der Waals surface area contributed by atoms with Crippen LogP contribution >= 0.6 is 0 Å². The molecule has 86 valence electrons. The summed E-state index contributed by atoms with van der Waals surface area (Å²) < 4.78 is 2.20. The van der Waals surface area contributed by atoms with E-state index in [2.05, 4.69) is 35.3 Å². The third-order valence-corrected chi connectivity index (χ3v) is 2.81. The van der Waals surface area contributed by atoms with Crippen molar-refractivity contribution in [3.63, 3.8) is 0 Å². The summed E-state index contributed by atoms with van der Waals surface area (Å²) in [6, 6.07) is 2.35. The standard InChI is InChI=1S/C12H18N4/c1-4-9(13)12-15-10-7-14-6-5-11(10)16(12)8(2)3/h5-9H,4,13H2,1-3H3. The van der Waals surface area contributed by atoms with Crippen LogP contribution in [0.3, 0.4) is 0 Å². The summed E-state index contributed by atoms with van der Waals surface area (Å²) in [4.78, 5) is 8.68. The smallest absolute Gasteiger partial charge is 0.127 e. The zero-order valence-corrected chi connectivity index (χ0v) is 10.0. The lowest BCUT2D eigenvalue weighted by atomic mass is 10.2. The van der Waals surface area contributed by atoms with Crippen LogP contribution in [0.1, 0.15) is 45.1 Å². The number of pyridine rings is 1. The zero-order valence-electron chi connectivity index (χ0n) is 10.0. The van der Waals surface area contributed by atoms with Gasteiger partial charge in [0.05, 0.1) is 17.8 Å². The van der Waals surface area contributed by atoms with Crippen molar-refractivity contribution in [3.05, 3.63) is 24.3 Å². The Morgan fingerprint density at radius 1 is 1.44 bits per heavy atom. The van der Waals surface area contributed by atoms with Gasteiger partial charge in [-0.1, -0.05) is 6.92 Å². The SMILES string of the molecule is CCC(N)c1nc2cnccc2n1C(C)C. The molecule has 0 spiro atoms. The van der Waals surface area contributed by atoms with E-state index in [0.29, 0.717) is 6.04 Å². The maximum atomic E-state index is 6.09. The fourth-order valence-electron chi connectivity index (χ4n) is 1.96. The van der Waals surface area contributed by atoms with Crippen LogP contribution in [0, 0.1) is 0 Å². The number of aromatic nitrogens is 3. The number of hydrogen-bond acceptors (Lipinski definition) is 3. The van der Waals surface area contributed by atoms with E-state index in [-0.39, 0.29) is 6.04 Å². The van der Waals surface area contributed by atoms with E-state index >= 15 is 0 Å². The predicted octanol–water partition coefficient (Wildman–Crippen LogP) is 2.42. The molecule has 0 saturated heterocycles. The molecule has 0 aliphatic heterocycles. The fraction of sp³-hybridized carbons (Fsp3) is 0.500. The molecule has 0 aromatic carbocycles. The Morgan fingerprint density at radius 3 is 2.81 bits per heavy atom. The van der Waals surface area contributed by atoms with Gasteiger partial charge in [0.1, 0.15) is 11.3 Å². The molecular formula is C12H18N4. The second kappa shape index (κ2) is 4.22. The van der Waals surface area contributed by atoms with Gasteiger partial charge in [0.25, 0.3) is 0 Å². The van der Waals surface area contributed by atoms with Crippen molar-refractivity contribution < 1.29 is 0 Å². The molecule has 2 N–H and O–H groups in total. The van der Waals surface area contributed by atoms with Crippen molar-refractivity contribution in [1.82, 2.24) is 14.5 Å². The molecule has 4 nitrogen and oxygen atoms in total. The van der Waals surface area contributed by atoms with Crippen molar-refractivity contribution in [2.24, 2.45) is 5.73 Å². The van der Waals surface area contributed by atoms with Crippen LogP contribution in [0.4, 0.5) is 0 Å². The Bertz CT molecular complexity index is 487. The Hall–Kier alpha value is -1.42. The van der Waals surface area contributed by atoms with E-state index < -0.39 is 0 Å². The lowest BCUT2D eigenvalue weighted by Gasteiger charge is -2.16. The van der Waals surface area contributed by atoms with Crippen LogP contribution in [0.5, 0.6) is 0 Å². The van der Waals surface area contributed by atoms with E-state index in [4.69, 9.17) is 5.73 Å².